The van der Waals surface area contributed by atoms with Crippen molar-refractivity contribution in [2.45, 2.75) is 30.2 Å². The van der Waals surface area contributed by atoms with Gasteiger partial charge in [-0.1, -0.05) is 42.8 Å². The molecular weight excluding hydrogens is 414 g/mol. The molecule has 31 heavy (non-hydrogen) atoms. The molecular formula is C23H25N3O4S. The number of nitrogens with zero attached hydrogens (tertiary/aromatic N) is 3. The lowest BCUT2D eigenvalue weighted by atomic mass is 10.1. The van der Waals surface area contributed by atoms with Crippen molar-refractivity contribution < 1.29 is 17.6 Å². The molecule has 2 heterocycles. The first kappa shape index (κ1) is 21.1. The van der Waals surface area contributed by atoms with Gasteiger partial charge in [0.15, 0.2) is 0 Å². The van der Waals surface area contributed by atoms with Crippen molar-refractivity contribution in [1.82, 2.24) is 9.88 Å². The Morgan fingerprint density at radius 1 is 1.03 bits per heavy atom. The molecule has 162 valence electrons. The molecule has 1 amide bonds. The molecule has 1 aromatic heterocycles. The SMILES string of the molecule is CCC(=O)N1CCN(c2oc(-c3cccc(C)c3)nc2S(=O)(=O)c2ccccc2)CC1. The Kier molecular flexibility index (Phi) is 5.82. The van der Waals surface area contributed by atoms with Crippen LogP contribution in [0, 0.1) is 6.92 Å². The molecule has 0 spiro atoms. The number of anilines is 1. The highest BCUT2D eigenvalue weighted by Crippen LogP contribution is 2.35. The highest BCUT2D eigenvalue weighted by atomic mass is 32.2. The lowest BCUT2D eigenvalue weighted by Gasteiger charge is -2.34. The molecule has 0 aliphatic carbocycles. The van der Waals surface area contributed by atoms with Crippen LogP contribution in [0.2, 0.25) is 0 Å². The van der Waals surface area contributed by atoms with Gasteiger partial charge >= 0.3 is 0 Å². The van der Waals surface area contributed by atoms with Crippen LogP contribution in [0.15, 0.2) is 68.9 Å². The number of carbonyl (C=O) groups is 1. The van der Waals surface area contributed by atoms with E-state index in [1.807, 2.05) is 43.0 Å². The predicted molar refractivity (Wildman–Crippen MR) is 118 cm³/mol. The number of hydrogen-bond acceptors (Lipinski definition) is 6. The van der Waals surface area contributed by atoms with E-state index in [9.17, 15) is 13.2 Å². The first-order valence-electron chi connectivity index (χ1n) is 10.3. The zero-order valence-corrected chi connectivity index (χ0v) is 18.4. The number of sulfone groups is 1. The molecule has 0 saturated carbocycles. The molecule has 2 aromatic carbocycles. The number of aromatic nitrogens is 1. The average Bonchev–Trinajstić information content (AvgIpc) is 3.26. The van der Waals surface area contributed by atoms with Gasteiger partial charge in [0, 0.05) is 38.2 Å². The van der Waals surface area contributed by atoms with Gasteiger partial charge in [0.05, 0.1) is 4.90 Å². The molecule has 0 atom stereocenters. The third kappa shape index (κ3) is 4.20. The molecule has 1 aliphatic heterocycles. The predicted octanol–water partition coefficient (Wildman–Crippen LogP) is 3.54. The molecule has 1 aliphatic rings. The van der Waals surface area contributed by atoms with Crippen molar-refractivity contribution in [1.29, 1.82) is 0 Å². The van der Waals surface area contributed by atoms with Gasteiger partial charge in [-0.05, 0) is 31.2 Å². The summed E-state index contributed by atoms with van der Waals surface area (Å²) >= 11 is 0. The highest BCUT2D eigenvalue weighted by Gasteiger charge is 2.33. The molecule has 4 rings (SSSR count). The Labute approximate surface area is 182 Å². The fourth-order valence-corrected chi connectivity index (χ4v) is 5.01. The van der Waals surface area contributed by atoms with E-state index in [0.29, 0.717) is 32.6 Å². The third-order valence-electron chi connectivity index (χ3n) is 5.37. The summed E-state index contributed by atoms with van der Waals surface area (Å²) in [6.07, 6.45) is 0.452. The van der Waals surface area contributed by atoms with Crippen LogP contribution >= 0.6 is 0 Å². The van der Waals surface area contributed by atoms with Crippen molar-refractivity contribution in [2.24, 2.45) is 0 Å². The van der Waals surface area contributed by atoms with Crippen LogP contribution in [0.3, 0.4) is 0 Å². The maximum absolute atomic E-state index is 13.4. The van der Waals surface area contributed by atoms with Crippen LogP contribution in [0.5, 0.6) is 0 Å². The summed E-state index contributed by atoms with van der Waals surface area (Å²) in [4.78, 5) is 20.3. The third-order valence-corrected chi connectivity index (χ3v) is 7.04. The van der Waals surface area contributed by atoms with Crippen LogP contribution in [0.1, 0.15) is 18.9 Å². The van der Waals surface area contributed by atoms with Gasteiger partial charge in [0.2, 0.25) is 32.5 Å². The monoisotopic (exact) mass is 439 g/mol. The normalized spacial score (nSPS) is 14.6. The van der Waals surface area contributed by atoms with E-state index in [-0.39, 0.29) is 27.6 Å². The number of oxazole rings is 1. The summed E-state index contributed by atoms with van der Waals surface area (Å²) < 4.78 is 32.9. The summed E-state index contributed by atoms with van der Waals surface area (Å²) in [5.41, 5.74) is 1.74. The Balaban J connectivity index is 1.76. The van der Waals surface area contributed by atoms with Gasteiger partial charge in [-0.15, -0.1) is 0 Å². The lowest BCUT2D eigenvalue weighted by molar-refractivity contribution is -0.131. The Bertz CT molecular complexity index is 1180. The van der Waals surface area contributed by atoms with Crippen LogP contribution < -0.4 is 4.90 Å². The summed E-state index contributed by atoms with van der Waals surface area (Å²) in [6.45, 7) is 5.77. The van der Waals surface area contributed by atoms with E-state index in [1.54, 1.807) is 35.2 Å². The molecule has 3 aromatic rings. The molecule has 0 radical (unpaired) electrons. The summed E-state index contributed by atoms with van der Waals surface area (Å²) in [6, 6.07) is 15.8. The maximum atomic E-state index is 13.4. The first-order valence-corrected chi connectivity index (χ1v) is 11.8. The average molecular weight is 440 g/mol. The van der Waals surface area contributed by atoms with Gasteiger partial charge in [-0.2, -0.15) is 4.98 Å². The van der Waals surface area contributed by atoms with Gasteiger partial charge in [0.25, 0.3) is 0 Å². The summed E-state index contributed by atoms with van der Waals surface area (Å²) in [5, 5.41) is -0.0922. The van der Waals surface area contributed by atoms with Gasteiger partial charge in [-0.3, -0.25) is 4.79 Å². The largest absolute Gasteiger partial charge is 0.419 e. The van der Waals surface area contributed by atoms with Crippen LogP contribution in [-0.4, -0.2) is 50.4 Å². The minimum Gasteiger partial charge on any atom is -0.419 e. The number of benzene rings is 2. The van der Waals surface area contributed by atoms with Gasteiger partial charge in [-0.25, -0.2) is 8.42 Å². The number of amides is 1. The van der Waals surface area contributed by atoms with Crippen molar-refractivity contribution in [2.75, 3.05) is 31.1 Å². The first-order chi connectivity index (χ1) is 14.9. The molecule has 1 saturated heterocycles. The smallest absolute Gasteiger partial charge is 0.236 e. The van der Waals surface area contributed by atoms with E-state index in [0.717, 1.165) is 11.1 Å². The Morgan fingerprint density at radius 3 is 2.39 bits per heavy atom. The molecule has 0 bridgehead atoms. The highest BCUT2D eigenvalue weighted by molar-refractivity contribution is 7.91. The van der Waals surface area contributed by atoms with E-state index >= 15 is 0 Å². The van der Waals surface area contributed by atoms with Crippen LogP contribution in [0.4, 0.5) is 5.88 Å². The summed E-state index contributed by atoms with van der Waals surface area (Å²) in [7, 11) is -3.88. The topological polar surface area (TPSA) is 83.7 Å². The molecule has 0 N–H and O–H groups in total. The zero-order valence-electron chi connectivity index (χ0n) is 17.6. The maximum Gasteiger partial charge on any atom is 0.236 e. The van der Waals surface area contributed by atoms with Crippen molar-refractivity contribution in [3.63, 3.8) is 0 Å². The van der Waals surface area contributed by atoms with E-state index < -0.39 is 9.84 Å². The van der Waals surface area contributed by atoms with Gasteiger partial charge < -0.3 is 14.2 Å². The second kappa shape index (κ2) is 8.55. The number of rotatable bonds is 5. The molecule has 0 unspecified atom stereocenters. The number of hydrogen-bond donors (Lipinski definition) is 0. The lowest BCUT2D eigenvalue weighted by Crippen LogP contribution is -2.48. The van der Waals surface area contributed by atoms with Gasteiger partial charge in [0.1, 0.15) is 0 Å². The fourth-order valence-electron chi connectivity index (χ4n) is 3.67. The fraction of sp³-hybridized carbons (Fsp3) is 0.304. The quantitative estimate of drug-likeness (QED) is 0.605. The Morgan fingerprint density at radius 2 is 1.74 bits per heavy atom. The van der Waals surface area contributed by atoms with Crippen molar-refractivity contribution in [3.8, 4) is 11.5 Å². The minimum absolute atomic E-state index is 0.0922. The Hall–Kier alpha value is -3.13. The molecule has 1 fully saturated rings. The number of piperazine rings is 1. The second-order valence-corrected chi connectivity index (χ2v) is 9.40. The summed E-state index contributed by atoms with van der Waals surface area (Å²) in [5.74, 6) is 0.582. The molecule has 8 heteroatoms. The molecule has 7 nitrogen and oxygen atoms in total. The zero-order chi connectivity index (χ0) is 22.0. The van der Waals surface area contributed by atoms with Crippen molar-refractivity contribution in [3.05, 3.63) is 60.2 Å². The standard InChI is InChI=1S/C23H25N3O4S/c1-3-20(27)25-12-14-26(15-13-25)23-22(31(28,29)19-10-5-4-6-11-19)24-21(30-23)18-9-7-8-17(2)16-18/h4-11,16H,3,12-15H2,1-2H3. The van der Waals surface area contributed by atoms with Crippen molar-refractivity contribution >= 4 is 21.6 Å². The number of carbonyl (C=O) groups excluding carboxylic acids is 1. The van der Waals surface area contributed by atoms with E-state index in [4.69, 9.17) is 4.42 Å². The van der Waals surface area contributed by atoms with Crippen LogP contribution in [-0.2, 0) is 14.6 Å². The second-order valence-electron chi connectivity index (χ2n) is 7.54. The van der Waals surface area contributed by atoms with E-state index in [2.05, 4.69) is 4.98 Å². The number of aryl methyl sites for hydroxylation is 1. The van der Waals surface area contributed by atoms with Crippen LogP contribution in [0.25, 0.3) is 11.5 Å². The minimum atomic E-state index is -3.88. The van der Waals surface area contributed by atoms with E-state index in [1.165, 1.54) is 0 Å².